The van der Waals surface area contributed by atoms with Crippen molar-refractivity contribution < 1.29 is 8.42 Å². The molecule has 0 atom stereocenters. The Morgan fingerprint density at radius 1 is 1.38 bits per heavy atom. The number of aryl methyl sites for hydroxylation is 1. The van der Waals surface area contributed by atoms with E-state index in [2.05, 4.69) is 4.98 Å². The van der Waals surface area contributed by atoms with Gasteiger partial charge in [0.15, 0.2) is 0 Å². The third-order valence-corrected chi connectivity index (χ3v) is 3.52. The van der Waals surface area contributed by atoms with Crippen LogP contribution >= 0.6 is 10.7 Å². The fourth-order valence-electron chi connectivity index (χ4n) is 1.34. The van der Waals surface area contributed by atoms with Gasteiger partial charge < -0.3 is 4.57 Å². The van der Waals surface area contributed by atoms with Crippen LogP contribution in [0.1, 0.15) is 0 Å². The molecule has 0 aliphatic heterocycles. The van der Waals surface area contributed by atoms with Crippen molar-refractivity contribution in [3.63, 3.8) is 0 Å². The van der Waals surface area contributed by atoms with Crippen LogP contribution in [0, 0.1) is 0 Å². The highest BCUT2D eigenvalue weighted by atomic mass is 35.7. The highest BCUT2D eigenvalue weighted by Crippen LogP contribution is 2.18. The number of hydrogen-bond donors (Lipinski definition) is 0. The molecule has 7 heteroatoms. The van der Waals surface area contributed by atoms with Gasteiger partial charge in [0.1, 0.15) is 0 Å². The maximum Gasteiger partial charge on any atom is 0.261 e. The van der Waals surface area contributed by atoms with E-state index in [4.69, 9.17) is 10.7 Å². The van der Waals surface area contributed by atoms with E-state index in [0.717, 1.165) is 0 Å². The Balaban J connectivity index is 2.90. The van der Waals surface area contributed by atoms with Gasteiger partial charge in [-0.3, -0.25) is 4.79 Å². The Morgan fingerprint density at radius 2 is 2.06 bits per heavy atom. The predicted octanol–water partition coefficient (Wildman–Crippen LogP) is 0.861. The van der Waals surface area contributed by atoms with E-state index in [9.17, 15) is 13.2 Å². The van der Waals surface area contributed by atoms with E-state index in [1.807, 2.05) is 0 Å². The minimum absolute atomic E-state index is 0.105. The van der Waals surface area contributed by atoms with E-state index in [1.165, 1.54) is 36.1 Å². The van der Waals surface area contributed by atoms with Crippen molar-refractivity contribution >= 4 is 30.6 Å². The van der Waals surface area contributed by atoms with Crippen molar-refractivity contribution in [3.05, 3.63) is 34.9 Å². The van der Waals surface area contributed by atoms with Gasteiger partial charge in [-0.25, -0.2) is 13.4 Å². The first kappa shape index (κ1) is 11.1. The molecule has 1 aromatic heterocycles. The summed E-state index contributed by atoms with van der Waals surface area (Å²) in [6.07, 6.45) is 1.37. The minimum Gasteiger partial charge on any atom is -0.302 e. The van der Waals surface area contributed by atoms with Gasteiger partial charge in [-0.15, -0.1) is 0 Å². The van der Waals surface area contributed by atoms with Gasteiger partial charge in [0.2, 0.25) is 0 Å². The number of rotatable bonds is 1. The largest absolute Gasteiger partial charge is 0.302 e. The Hall–Kier alpha value is -1.40. The first-order valence-corrected chi connectivity index (χ1v) is 6.60. The zero-order valence-electron chi connectivity index (χ0n) is 8.21. The summed E-state index contributed by atoms with van der Waals surface area (Å²) >= 11 is 0. The van der Waals surface area contributed by atoms with Crippen LogP contribution in [-0.4, -0.2) is 18.0 Å². The van der Waals surface area contributed by atoms with Crippen LogP contribution in [0.15, 0.2) is 34.2 Å². The second-order valence-corrected chi connectivity index (χ2v) is 5.84. The standard InChI is InChI=1S/C9H7ClN2O3S/c1-12-5-11-8-3-2-6(16(10,14)15)4-7(8)9(12)13/h2-5H,1H3. The zero-order valence-corrected chi connectivity index (χ0v) is 9.79. The Labute approximate surface area is 95.7 Å². The Morgan fingerprint density at radius 3 is 2.69 bits per heavy atom. The maximum atomic E-state index is 11.7. The van der Waals surface area contributed by atoms with E-state index in [0.29, 0.717) is 5.52 Å². The van der Waals surface area contributed by atoms with Gasteiger partial charge in [0, 0.05) is 17.7 Å². The molecule has 0 radical (unpaired) electrons. The lowest BCUT2D eigenvalue weighted by Gasteiger charge is -2.01. The van der Waals surface area contributed by atoms with Crippen LogP contribution in [0.5, 0.6) is 0 Å². The minimum atomic E-state index is -3.83. The summed E-state index contributed by atoms with van der Waals surface area (Å²) in [6, 6.07) is 4.00. The molecule has 2 rings (SSSR count). The van der Waals surface area contributed by atoms with Gasteiger partial charge in [-0.05, 0) is 18.2 Å². The quantitative estimate of drug-likeness (QED) is 0.712. The van der Waals surface area contributed by atoms with Crippen LogP contribution in [0.3, 0.4) is 0 Å². The van der Waals surface area contributed by atoms with Crippen LogP contribution in [0.4, 0.5) is 0 Å². The number of nitrogens with zero attached hydrogens (tertiary/aromatic N) is 2. The second-order valence-electron chi connectivity index (χ2n) is 3.28. The van der Waals surface area contributed by atoms with Gasteiger partial charge in [0.05, 0.1) is 22.1 Å². The molecule has 0 fully saturated rings. The summed E-state index contributed by atoms with van der Waals surface area (Å²) in [5, 5.41) is 0.228. The average molecular weight is 259 g/mol. The van der Waals surface area contributed by atoms with Crippen molar-refractivity contribution in [3.8, 4) is 0 Å². The van der Waals surface area contributed by atoms with E-state index in [1.54, 1.807) is 0 Å². The summed E-state index contributed by atoms with van der Waals surface area (Å²) in [7, 11) is 2.90. The third-order valence-electron chi connectivity index (χ3n) is 2.17. The normalized spacial score (nSPS) is 11.9. The molecule has 1 aromatic carbocycles. The van der Waals surface area contributed by atoms with Crippen molar-refractivity contribution in [2.75, 3.05) is 0 Å². The topological polar surface area (TPSA) is 69.0 Å². The lowest BCUT2D eigenvalue weighted by molar-refractivity contribution is 0.609. The molecule has 0 saturated heterocycles. The average Bonchev–Trinajstić information content (AvgIpc) is 2.22. The SMILES string of the molecule is Cn1cnc2ccc(S(=O)(=O)Cl)cc2c1=O. The molecule has 0 aliphatic carbocycles. The number of benzene rings is 1. The molecular weight excluding hydrogens is 252 g/mol. The van der Waals surface area contributed by atoms with Crippen LogP contribution in [0.2, 0.25) is 0 Å². The Bertz CT molecular complexity index is 721. The second kappa shape index (κ2) is 3.57. The van der Waals surface area contributed by atoms with Crippen LogP contribution < -0.4 is 5.56 Å². The summed E-state index contributed by atoms with van der Waals surface area (Å²) in [6.45, 7) is 0. The zero-order chi connectivity index (χ0) is 11.9. The maximum absolute atomic E-state index is 11.7. The van der Waals surface area contributed by atoms with Gasteiger partial charge in [-0.2, -0.15) is 0 Å². The smallest absolute Gasteiger partial charge is 0.261 e. The van der Waals surface area contributed by atoms with Crippen molar-refractivity contribution in [2.24, 2.45) is 7.05 Å². The molecule has 84 valence electrons. The molecule has 0 amide bonds. The van der Waals surface area contributed by atoms with E-state index in [-0.39, 0.29) is 15.8 Å². The molecule has 1 heterocycles. The number of aromatic nitrogens is 2. The van der Waals surface area contributed by atoms with Gasteiger partial charge in [0.25, 0.3) is 14.6 Å². The first-order valence-electron chi connectivity index (χ1n) is 4.29. The van der Waals surface area contributed by atoms with E-state index >= 15 is 0 Å². The van der Waals surface area contributed by atoms with Gasteiger partial charge >= 0.3 is 0 Å². The van der Waals surface area contributed by atoms with Crippen LogP contribution in [-0.2, 0) is 16.1 Å². The summed E-state index contributed by atoms with van der Waals surface area (Å²) in [5.41, 5.74) is 0.124. The molecule has 2 aromatic rings. The molecule has 16 heavy (non-hydrogen) atoms. The molecule has 5 nitrogen and oxygen atoms in total. The summed E-state index contributed by atoms with van der Waals surface area (Å²) in [4.78, 5) is 15.6. The number of halogens is 1. The predicted molar refractivity (Wildman–Crippen MR) is 60.0 cm³/mol. The molecule has 0 unspecified atom stereocenters. The lowest BCUT2D eigenvalue weighted by atomic mass is 10.2. The molecule has 0 aliphatic rings. The van der Waals surface area contributed by atoms with Gasteiger partial charge in [-0.1, -0.05) is 0 Å². The molecular formula is C9H7ClN2O3S. The molecule has 0 saturated carbocycles. The first-order chi connectivity index (χ1) is 7.39. The number of hydrogen-bond acceptors (Lipinski definition) is 4. The molecule has 0 bridgehead atoms. The highest BCUT2D eigenvalue weighted by Gasteiger charge is 2.12. The van der Waals surface area contributed by atoms with Crippen molar-refractivity contribution in [2.45, 2.75) is 4.90 Å². The fourth-order valence-corrected chi connectivity index (χ4v) is 2.12. The van der Waals surface area contributed by atoms with E-state index < -0.39 is 9.05 Å². The van der Waals surface area contributed by atoms with Crippen LogP contribution in [0.25, 0.3) is 10.9 Å². The molecule has 0 N–H and O–H groups in total. The third kappa shape index (κ3) is 1.81. The van der Waals surface area contributed by atoms with Crippen molar-refractivity contribution in [1.82, 2.24) is 9.55 Å². The monoisotopic (exact) mass is 258 g/mol. The summed E-state index contributed by atoms with van der Waals surface area (Å²) < 4.78 is 23.5. The molecule has 0 spiro atoms. The highest BCUT2D eigenvalue weighted by molar-refractivity contribution is 8.13. The summed E-state index contributed by atoms with van der Waals surface area (Å²) in [5.74, 6) is 0. The Kier molecular flexibility index (Phi) is 2.47. The van der Waals surface area contributed by atoms with Crippen molar-refractivity contribution in [1.29, 1.82) is 0 Å². The fraction of sp³-hybridized carbons (Fsp3) is 0.111. The number of fused-ring (bicyclic) bond motifs is 1. The lowest BCUT2D eigenvalue weighted by Crippen LogP contribution is -2.17.